The highest BCUT2D eigenvalue weighted by molar-refractivity contribution is 7.22. The maximum absolute atomic E-state index is 12.5. The first kappa shape index (κ1) is 23.1. The molecule has 4 N–H and O–H groups in total. The lowest BCUT2D eigenvalue weighted by Crippen LogP contribution is -2.33. The Balaban J connectivity index is 1.51. The number of carboxylic acid groups (broad SMARTS) is 1. The number of carbonyl (C=O) groups excluding carboxylic acids is 1. The lowest BCUT2D eigenvalue weighted by Gasteiger charge is -2.07. The summed E-state index contributed by atoms with van der Waals surface area (Å²) in [7, 11) is 1.76. The van der Waals surface area contributed by atoms with Crippen LogP contribution in [0, 0.1) is 0 Å². The smallest absolute Gasteiger partial charge is 0.465 e. The molecule has 0 aliphatic rings. The summed E-state index contributed by atoms with van der Waals surface area (Å²) in [6.07, 6.45) is -5.95. The van der Waals surface area contributed by atoms with Crippen LogP contribution in [0.5, 0.6) is 5.75 Å². The largest absolute Gasteiger partial charge is 0.573 e. The topological polar surface area (TPSA) is 130 Å². The zero-order valence-electron chi connectivity index (χ0n) is 17.4. The van der Waals surface area contributed by atoms with Crippen LogP contribution in [-0.4, -0.2) is 51.1 Å². The molecule has 4 rings (SSSR count). The second-order valence-electron chi connectivity index (χ2n) is 7.01. The van der Waals surface area contributed by atoms with Gasteiger partial charge in [-0.15, -0.1) is 13.2 Å². The number of aromatic nitrogens is 3. The van der Waals surface area contributed by atoms with Crippen LogP contribution in [0.15, 0.2) is 36.4 Å². The van der Waals surface area contributed by atoms with Gasteiger partial charge in [0.15, 0.2) is 5.13 Å². The Labute approximate surface area is 193 Å². The van der Waals surface area contributed by atoms with E-state index in [2.05, 4.69) is 30.7 Å². The molecule has 0 atom stereocenters. The van der Waals surface area contributed by atoms with E-state index in [0.717, 1.165) is 16.9 Å². The van der Waals surface area contributed by atoms with Gasteiger partial charge in [-0.3, -0.25) is 4.79 Å². The summed E-state index contributed by atoms with van der Waals surface area (Å²) in [5.74, 6) is -0.288. The number of aryl methyl sites for hydroxylation is 1. The first-order valence-corrected chi connectivity index (χ1v) is 10.6. The number of nitrogens with zero attached hydrogens (tertiary/aromatic N) is 3. The van der Waals surface area contributed by atoms with Gasteiger partial charge < -0.3 is 30.4 Å². The van der Waals surface area contributed by atoms with Crippen molar-refractivity contribution in [3.05, 3.63) is 42.0 Å². The minimum Gasteiger partial charge on any atom is -0.465 e. The van der Waals surface area contributed by atoms with Gasteiger partial charge in [0, 0.05) is 31.8 Å². The van der Waals surface area contributed by atoms with Crippen molar-refractivity contribution in [3.8, 4) is 5.75 Å². The number of ether oxygens (including phenoxy) is 1. The van der Waals surface area contributed by atoms with Crippen LogP contribution in [0.25, 0.3) is 21.3 Å². The van der Waals surface area contributed by atoms with E-state index in [0.29, 0.717) is 32.4 Å². The van der Waals surface area contributed by atoms with Crippen molar-refractivity contribution in [1.29, 1.82) is 0 Å². The quantitative estimate of drug-likeness (QED) is 0.287. The van der Waals surface area contributed by atoms with Crippen LogP contribution in [-0.2, 0) is 7.05 Å². The molecule has 0 aliphatic carbocycles. The van der Waals surface area contributed by atoms with Crippen LogP contribution in [0.3, 0.4) is 0 Å². The van der Waals surface area contributed by atoms with Crippen LogP contribution in [0.4, 0.5) is 29.0 Å². The zero-order chi connectivity index (χ0) is 24.5. The molecule has 0 bridgehead atoms. The maximum atomic E-state index is 12.5. The van der Waals surface area contributed by atoms with Gasteiger partial charge >= 0.3 is 12.5 Å². The van der Waals surface area contributed by atoms with Gasteiger partial charge in [0.25, 0.3) is 5.91 Å². The number of hydrogen-bond donors (Lipinski definition) is 4. The molecule has 0 radical (unpaired) electrons. The first-order chi connectivity index (χ1) is 16.1. The molecule has 2 aromatic heterocycles. The summed E-state index contributed by atoms with van der Waals surface area (Å²) < 4.78 is 43.6. The summed E-state index contributed by atoms with van der Waals surface area (Å²) in [6.45, 7) is 0.207. The van der Waals surface area contributed by atoms with Crippen LogP contribution in [0.1, 0.15) is 10.4 Å². The third kappa shape index (κ3) is 5.28. The molecule has 0 saturated heterocycles. The van der Waals surface area contributed by atoms with E-state index < -0.39 is 12.5 Å². The van der Waals surface area contributed by atoms with E-state index in [1.165, 1.54) is 18.2 Å². The second-order valence-corrected chi connectivity index (χ2v) is 8.04. The Bertz CT molecular complexity index is 1380. The molecule has 2 heterocycles. The third-order valence-corrected chi connectivity index (χ3v) is 5.58. The molecule has 0 fully saturated rings. The Morgan fingerprint density at radius 2 is 1.85 bits per heavy atom. The standard InChI is InChI=1S/C20H17F3N6O4S/c1-29-14-5-2-10(16(30)24-6-7-25-19(31)32)8-13(14)26-17(29)28-18-27-12-4-3-11(9-15(12)34-18)33-20(21,22)23/h2-5,8-9,25H,6-7H2,1H3,(H,24,30)(H,31,32)(H,26,27,28). The summed E-state index contributed by atoms with van der Waals surface area (Å²) >= 11 is 1.14. The number of benzene rings is 2. The van der Waals surface area contributed by atoms with E-state index in [1.54, 1.807) is 29.8 Å². The fraction of sp³-hybridized carbons (Fsp3) is 0.200. The normalized spacial score (nSPS) is 11.5. The molecule has 0 unspecified atom stereocenters. The first-order valence-electron chi connectivity index (χ1n) is 9.74. The number of rotatable bonds is 7. The zero-order valence-corrected chi connectivity index (χ0v) is 18.3. The van der Waals surface area contributed by atoms with Crippen molar-refractivity contribution >= 4 is 55.7 Å². The number of imidazole rings is 1. The molecule has 178 valence electrons. The molecule has 34 heavy (non-hydrogen) atoms. The molecule has 0 spiro atoms. The Hall–Kier alpha value is -4.07. The molecular weight excluding hydrogens is 477 g/mol. The van der Waals surface area contributed by atoms with Crippen molar-refractivity contribution in [2.75, 3.05) is 18.4 Å². The third-order valence-electron chi connectivity index (χ3n) is 4.64. The number of anilines is 2. The highest BCUT2D eigenvalue weighted by Gasteiger charge is 2.31. The number of alkyl halides is 3. The monoisotopic (exact) mass is 494 g/mol. The number of thiazole rings is 1. The van der Waals surface area contributed by atoms with Gasteiger partial charge in [-0.05, 0) is 30.3 Å². The predicted molar refractivity (Wildman–Crippen MR) is 119 cm³/mol. The highest BCUT2D eigenvalue weighted by atomic mass is 32.1. The summed E-state index contributed by atoms with van der Waals surface area (Å²) in [6, 6.07) is 8.82. The Kier molecular flexibility index (Phi) is 6.15. The fourth-order valence-electron chi connectivity index (χ4n) is 3.15. The molecule has 10 nitrogen and oxygen atoms in total. The molecule has 2 aromatic carbocycles. The Morgan fingerprint density at radius 3 is 2.59 bits per heavy atom. The highest BCUT2D eigenvalue weighted by Crippen LogP contribution is 2.33. The van der Waals surface area contributed by atoms with E-state index in [1.807, 2.05) is 0 Å². The van der Waals surface area contributed by atoms with E-state index >= 15 is 0 Å². The summed E-state index contributed by atoms with van der Waals surface area (Å²) in [5.41, 5.74) is 2.11. The molecule has 0 aliphatic heterocycles. The van der Waals surface area contributed by atoms with Gasteiger partial charge in [0.2, 0.25) is 5.95 Å². The number of nitrogens with one attached hydrogen (secondary N) is 3. The van der Waals surface area contributed by atoms with Gasteiger partial charge in [-0.25, -0.2) is 14.8 Å². The van der Waals surface area contributed by atoms with Gasteiger partial charge in [-0.2, -0.15) is 0 Å². The minimum atomic E-state index is -4.78. The van der Waals surface area contributed by atoms with Crippen molar-refractivity contribution in [3.63, 3.8) is 0 Å². The van der Waals surface area contributed by atoms with Gasteiger partial charge in [-0.1, -0.05) is 11.3 Å². The molecule has 4 aromatic rings. The number of fused-ring (bicyclic) bond motifs is 2. The maximum Gasteiger partial charge on any atom is 0.573 e. The SMILES string of the molecule is Cn1c(Nc2nc3ccc(OC(F)(F)F)cc3s2)nc2cc(C(=O)NCCNC(=O)O)ccc21. The number of carbonyl (C=O) groups is 2. The van der Waals surface area contributed by atoms with E-state index in [-0.39, 0.29) is 24.7 Å². The van der Waals surface area contributed by atoms with Crippen LogP contribution in [0.2, 0.25) is 0 Å². The molecule has 0 saturated carbocycles. The van der Waals surface area contributed by atoms with Crippen molar-refractivity contribution in [2.45, 2.75) is 6.36 Å². The van der Waals surface area contributed by atoms with Gasteiger partial charge in [0.05, 0.1) is 21.3 Å². The van der Waals surface area contributed by atoms with Crippen molar-refractivity contribution in [2.24, 2.45) is 7.05 Å². The average molecular weight is 494 g/mol. The van der Waals surface area contributed by atoms with E-state index in [4.69, 9.17) is 5.11 Å². The van der Waals surface area contributed by atoms with E-state index in [9.17, 15) is 22.8 Å². The van der Waals surface area contributed by atoms with Crippen molar-refractivity contribution < 1.29 is 32.6 Å². The molecular formula is C20H17F3N6O4S. The lowest BCUT2D eigenvalue weighted by molar-refractivity contribution is -0.274. The molecule has 14 heteroatoms. The summed E-state index contributed by atoms with van der Waals surface area (Å²) in [5, 5.41) is 16.8. The van der Waals surface area contributed by atoms with Gasteiger partial charge in [0.1, 0.15) is 5.75 Å². The van der Waals surface area contributed by atoms with Crippen LogP contribution < -0.4 is 20.7 Å². The number of hydrogen-bond acceptors (Lipinski definition) is 7. The predicted octanol–water partition coefficient (Wildman–Crippen LogP) is 3.82. The minimum absolute atomic E-state index is 0.0764. The average Bonchev–Trinajstić information content (AvgIpc) is 3.29. The van der Waals surface area contributed by atoms with Crippen LogP contribution >= 0.6 is 11.3 Å². The fourth-order valence-corrected chi connectivity index (χ4v) is 4.04. The number of halogens is 3. The Morgan fingerprint density at radius 1 is 1.09 bits per heavy atom. The second kappa shape index (κ2) is 9.05. The summed E-state index contributed by atoms with van der Waals surface area (Å²) in [4.78, 5) is 31.6. The van der Waals surface area contributed by atoms with Crippen molar-refractivity contribution in [1.82, 2.24) is 25.2 Å². The lowest BCUT2D eigenvalue weighted by atomic mass is 10.2. The molecule has 2 amide bonds. The number of amides is 2.